The Balaban J connectivity index is 1.78. The minimum absolute atomic E-state index is 0.587. The van der Waals surface area contributed by atoms with Crippen molar-refractivity contribution < 1.29 is 4.74 Å². The van der Waals surface area contributed by atoms with E-state index in [1.807, 2.05) is 24.3 Å². The Morgan fingerprint density at radius 2 is 2.00 bits per heavy atom. The third-order valence-electron chi connectivity index (χ3n) is 3.41. The lowest BCUT2D eigenvalue weighted by molar-refractivity contribution is 0.459. The molecule has 1 aromatic heterocycles. The number of pyridine rings is 1. The average Bonchev–Trinajstić information content (AvgIpc) is 2.51. The largest absolute Gasteiger partial charge is 0.438 e. The van der Waals surface area contributed by atoms with E-state index in [2.05, 4.69) is 44.4 Å². The number of hydrogen-bond acceptors (Lipinski definition) is 3. The number of ether oxygens (including phenoxy) is 1. The van der Waals surface area contributed by atoms with Gasteiger partial charge in [-0.25, -0.2) is 4.98 Å². The van der Waals surface area contributed by atoms with Crippen molar-refractivity contribution in [3.05, 3.63) is 58.2 Å². The van der Waals surface area contributed by atoms with Gasteiger partial charge >= 0.3 is 0 Å². The highest BCUT2D eigenvalue weighted by molar-refractivity contribution is 9.10. The van der Waals surface area contributed by atoms with Crippen LogP contribution in [0.15, 0.2) is 52.6 Å². The summed E-state index contributed by atoms with van der Waals surface area (Å²) in [6, 6.07) is 11.9. The van der Waals surface area contributed by atoms with E-state index in [0.29, 0.717) is 5.88 Å². The van der Waals surface area contributed by atoms with E-state index in [9.17, 15) is 0 Å². The number of benzene rings is 1. The quantitative estimate of drug-likeness (QED) is 0.895. The number of nitrogens with one attached hydrogen (secondary N) is 1. The van der Waals surface area contributed by atoms with Gasteiger partial charge in [0.25, 0.3) is 0 Å². The molecule has 4 heteroatoms. The molecular weight excluding hydrogens is 328 g/mol. The molecule has 1 aliphatic heterocycles. The first-order valence-electron chi connectivity index (χ1n) is 7.10. The highest BCUT2D eigenvalue weighted by Gasteiger charge is 2.06. The first-order valence-corrected chi connectivity index (χ1v) is 7.89. The Morgan fingerprint density at radius 3 is 2.81 bits per heavy atom. The van der Waals surface area contributed by atoms with Crippen molar-refractivity contribution in [3.8, 4) is 11.6 Å². The van der Waals surface area contributed by atoms with Crippen LogP contribution in [0.3, 0.4) is 0 Å². The second-order valence-corrected chi connectivity index (χ2v) is 5.87. The van der Waals surface area contributed by atoms with Crippen molar-refractivity contribution >= 4 is 22.0 Å². The first-order chi connectivity index (χ1) is 10.3. The molecule has 3 nitrogen and oxygen atoms in total. The number of nitrogens with zero attached hydrogens (tertiary/aromatic N) is 1. The molecule has 3 rings (SSSR count). The smallest absolute Gasteiger partial charge is 0.233 e. The van der Waals surface area contributed by atoms with Gasteiger partial charge in [0.05, 0.1) is 4.47 Å². The van der Waals surface area contributed by atoms with E-state index in [0.717, 1.165) is 36.2 Å². The number of halogens is 1. The second-order valence-electron chi connectivity index (χ2n) is 5.02. The zero-order valence-corrected chi connectivity index (χ0v) is 13.3. The van der Waals surface area contributed by atoms with Crippen LogP contribution in [0.25, 0.3) is 6.08 Å². The maximum Gasteiger partial charge on any atom is 0.233 e. The SMILES string of the molecule is Brc1cccnc1Oc1cccc(C=C2CCNCC2)c1. The number of aromatic nitrogens is 1. The minimum atomic E-state index is 0.587. The Hall–Kier alpha value is -1.65. The summed E-state index contributed by atoms with van der Waals surface area (Å²) in [7, 11) is 0. The molecule has 1 fully saturated rings. The standard InChI is InChI=1S/C17H17BrN2O/c18-16-5-2-8-20-17(16)21-15-4-1-3-14(12-15)11-13-6-9-19-10-7-13/h1-5,8,11-12,19H,6-7,9-10H2. The molecule has 0 spiro atoms. The third-order valence-corrected chi connectivity index (χ3v) is 4.02. The number of hydrogen-bond donors (Lipinski definition) is 1. The molecule has 0 unspecified atom stereocenters. The van der Waals surface area contributed by atoms with Crippen LogP contribution in [0.5, 0.6) is 11.6 Å². The summed E-state index contributed by atoms with van der Waals surface area (Å²) in [5.74, 6) is 1.39. The normalized spacial score (nSPS) is 14.8. The second kappa shape index (κ2) is 6.87. The van der Waals surface area contributed by atoms with E-state index in [4.69, 9.17) is 4.74 Å². The fourth-order valence-corrected chi connectivity index (χ4v) is 2.69. The Labute approximate surface area is 133 Å². The molecule has 2 aromatic rings. The van der Waals surface area contributed by atoms with Gasteiger partial charge in [-0.2, -0.15) is 0 Å². The van der Waals surface area contributed by atoms with Crippen molar-refractivity contribution in [2.24, 2.45) is 0 Å². The van der Waals surface area contributed by atoms with Gasteiger partial charge in [-0.1, -0.05) is 23.8 Å². The van der Waals surface area contributed by atoms with Gasteiger partial charge in [-0.3, -0.25) is 0 Å². The molecule has 1 N–H and O–H groups in total. The van der Waals surface area contributed by atoms with Gasteiger partial charge in [-0.05, 0) is 71.7 Å². The van der Waals surface area contributed by atoms with Gasteiger partial charge in [0, 0.05) is 6.20 Å². The van der Waals surface area contributed by atoms with Crippen LogP contribution >= 0.6 is 15.9 Å². The summed E-state index contributed by atoms with van der Waals surface area (Å²) in [6.07, 6.45) is 6.23. The molecule has 1 aromatic carbocycles. The molecule has 1 saturated heterocycles. The van der Waals surface area contributed by atoms with Gasteiger partial charge in [0.1, 0.15) is 5.75 Å². The highest BCUT2D eigenvalue weighted by atomic mass is 79.9. The molecule has 1 aliphatic rings. The lowest BCUT2D eigenvalue weighted by atomic mass is 10.0. The maximum atomic E-state index is 5.84. The van der Waals surface area contributed by atoms with E-state index < -0.39 is 0 Å². The third kappa shape index (κ3) is 3.93. The van der Waals surface area contributed by atoms with Gasteiger partial charge in [0.2, 0.25) is 5.88 Å². The monoisotopic (exact) mass is 344 g/mol. The lowest BCUT2D eigenvalue weighted by Crippen LogP contribution is -2.22. The molecule has 0 amide bonds. The van der Waals surface area contributed by atoms with Crippen LogP contribution in [-0.4, -0.2) is 18.1 Å². The molecule has 0 bridgehead atoms. The molecule has 0 atom stereocenters. The zero-order valence-electron chi connectivity index (χ0n) is 11.7. The maximum absolute atomic E-state index is 5.84. The zero-order chi connectivity index (χ0) is 14.5. The van der Waals surface area contributed by atoms with Crippen molar-refractivity contribution in [2.45, 2.75) is 12.8 Å². The van der Waals surface area contributed by atoms with Crippen LogP contribution in [0.2, 0.25) is 0 Å². The molecule has 108 valence electrons. The topological polar surface area (TPSA) is 34.1 Å². The van der Waals surface area contributed by atoms with Gasteiger partial charge in [-0.15, -0.1) is 0 Å². The van der Waals surface area contributed by atoms with E-state index >= 15 is 0 Å². The first kappa shape index (κ1) is 14.3. The molecule has 0 saturated carbocycles. The van der Waals surface area contributed by atoms with Crippen molar-refractivity contribution in [2.75, 3.05) is 13.1 Å². The number of piperidine rings is 1. The van der Waals surface area contributed by atoms with E-state index in [1.54, 1.807) is 6.20 Å². The lowest BCUT2D eigenvalue weighted by Gasteiger charge is -2.15. The van der Waals surface area contributed by atoms with Crippen molar-refractivity contribution in [1.82, 2.24) is 10.3 Å². The fraction of sp³-hybridized carbons (Fsp3) is 0.235. The van der Waals surface area contributed by atoms with E-state index in [-0.39, 0.29) is 0 Å². The summed E-state index contributed by atoms with van der Waals surface area (Å²) in [4.78, 5) is 4.23. The minimum Gasteiger partial charge on any atom is -0.438 e. The molecule has 21 heavy (non-hydrogen) atoms. The molecule has 0 aliphatic carbocycles. The van der Waals surface area contributed by atoms with Crippen molar-refractivity contribution in [1.29, 1.82) is 0 Å². The summed E-state index contributed by atoms with van der Waals surface area (Å²) >= 11 is 3.45. The van der Waals surface area contributed by atoms with Crippen LogP contribution in [0.1, 0.15) is 18.4 Å². The molecule has 0 radical (unpaired) electrons. The van der Waals surface area contributed by atoms with Crippen LogP contribution < -0.4 is 10.1 Å². The fourth-order valence-electron chi connectivity index (χ4n) is 2.35. The highest BCUT2D eigenvalue weighted by Crippen LogP contribution is 2.28. The predicted molar refractivity (Wildman–Crippen MR) is 88.5 cm³/mol. The van der Waals surface area contributed by atoms with Crippen LogP contribution in [0.4, 0.5) is 0 Å². The van der Waals surface area contributed by atoms with E-state index in [1.165, 1.54) is 11.1 Å². The Bertz CT molecular complexity index is 647. The van der Waals surface area contributed by atoms with Crippen LogP contribution in [-0.2, 0) is 0 Å². The van der Waals surface area contributed by atoms with Crippen LogP contribution in [0, 0.1) is 0 Å². The van der Waals surface area contributed by atoms with Gasteiger partial charge < -0.3 is 10.1 Å². The predicted octanol–water partition coefficient (Wildman–Crippen LogP) is 4.40. The average molecular weight is 345 g/mol. The Morgan fingerprint density at radius 1 is 1.14 bits per heavy atom. The van der Waals surface area contributed by atoms with Gasteiger partial charge in [0.15, 0.2) is 0 Å². The van der Waals surface area contributed by atoms with Crippen molar-refractivity contribution in [3.63, 3.8) is 0 Å². The summed E-state index contributed by atoms with van der Waals surface area (Å²) in [5, 5.41) is 3.37. The summed E-state index contributed by atoms with van der Waals surface area (Å²) < 4.78 is 6.69. The molecular formula is C17H17BrN2O. The summed E-state index contributed by atoms with van der Waals surface area (Å²) in [5.41, 5.74) is 2.67. The molecule has 2 heterocycles. The summed E-state index contributed by atoms with van der Waals surface area (Å²) in [6.45, 7) is 2.14. The Kier molecular flexibility index (Phi) is 4.68. The number of rotatable bonds is 3.